The second-order valence-corrected chi connectivity index (χ2v) is 8.45. The summed E-state index contributed by atoms with van der Waals surface area (Å²) in [4.78, 5) is 33.3. The van der Waals surface area contributed by atoms with Crippen molar-refractivity contribution in [1.29, 1.82) is 0 Å². The van der Waals surface area contributed by atoms with E-state index < -0.39 is 11.9 Å². The Bertz CT molecular complexity index is 1210. The van der Waals surface area contributed by atoms with E-state index in [4.69, 9.17) is 16.3 Å². The van der Waals surface area contributed by atoms with Crippen LogP contribution in [0, 0.1) is 0 Å². The average molecular weight is 454 g/mol. The van der Waals surface area contributed by atoms with Crippen LogP contribution in [0.5, 0.6) is 0 Å². The molecule has 1 atom stereocenters. The number of halogens is 1. The van der Waals surface area contributed by atoms with Crippen LogP contribution in [0.1, 0.15) is 29.5 Å². The molecule has 0 radical (unpaired) electrons. The van der Waals surface area contributed by atoms with Crippen LogP contribution >= 0.6 is 23.4 Å². The minimum atomic E-state index is -0.620. The van der Waals surface area contributed by atoms with Gasteiger partial charge < -0.3 is 15.0 Å². The molecule has 6 nitrogen and oxygen atoms in total. The van der Waals surface area contributed by atoms with Gasteiger partial charge in [-0.25, -0.2) is 9.78 Å². The molecule has 31 heavy (non-hydrogen) atoms. The predicted octanol–water partition coefficient (Wildman–Crippen LogP) is 4.72. The normalized spacial score (nSPS) is 15.3. The summed E-state index contributed by atoms with van der Waals surface area (Å²) in [5, 5.41) is 4.20. The summed E-state index contributed by atoms with van der Waals surface area (Å²) < 4.78 is 5.00. The molecule has 0 fully saturated rings. The van der Waals surface area contributed by atoms with Crippen molar-refractivity contribution < 1.29 is 9.53 Å². The van der Waals surface area contributed by atoms with E-state index in [2.05, 4.69) is 15.3 Å². The number of hydrogen-bond donors (Lipinski definition) is 2. The van der Waals surface area contributed by atoms with Crippen molar-refractivity contribution in [2.24, 2.45) is 0 Å². The smallest absolute Gasteiger partial charge is 0.336 e. The van der Waals surface area contributed by atoms with Crippen molar-refractivity contribution in [2.75, 3.05) is 12.4 Å². The summed E-state index contributed by atoms with van der Waals surface area (Å²) in [5.74, 6) is -0.0156. The lowest BCUT2D eigenvalue weighted by atomic mass is 9.82. The number of allylic oxidation sites excluding steroid dienone is 1. The fourth-order valence-corrected chi connectivity index (χ4v) is 4.54. The molecule has 1 aliphatic heterocycles. The van der Waals surface area contributed by atoms with Crippen LogP contribution in [0.2, 0.25) is 5.02 Å². The molecule has 0 spiro atoms. The third kappa shape index (κ3) is 4.38. The standard InChI is InChI=1S/C23H20ClN3O3S/c1-13-17(22(29)30-2)18(15-8-10-16(24)11-9-15)19-20(25-13)26-23(27-21(19)28)31-12-14-6-4-3-5-7-14/h3-11,18H,12H2,1-2H3,(H2,25,26,27,28)/t18-/m1/s1. The van der Waals surface area contributed by atoms with E-state index in [1.807, 2.05) is 30.3 Å². The van der Waals surface area contributed by atoms with Crippen LogP contribution in [0.4, 0.5) is 5.82 Å². The molecule has 0 bridgehead atoms. The Labute approximate surface area is 188 Å². The first-order valence-corrected chi connectivity index (χ1v) is 11.0. The molecule has 2 N–H and O–H groups in total. The number of methoxy groups -OCH3 is 1. The summed E-state index contributed by atoms with van der Waals surface area (Å²) >= 11 is 7.48. The van der Waals surface area contributed by atoms with Gasteiger partial charge in [-0.2, -0.15) is 0 Å². The van der Waals surface area contributed by atoms with Crippen LogP contribution in [0.25, 0.3) is 0 Å². The van der Waals surface area contributed by atoms with Crippen molar-refractivity contribution in [3.05, 3.63) is 97.9 Å². The maximum atomic E-state index is 13.2. The van der Waals surface area contributed by atoms with E-state index in [1.54, 1.807) is 31.2 Å². The van der Waals surface area contributed by atoms with Gasteiger partial charge in [0.25, 0.3) is 5.56 Å². The number of benzene rings is 2. The Morgan fingerprint density at radius 2 is 1.87 bits per heavy atom. The van der Waals surface area contributed by atoms with Gasteiger partial charge in [-0.15, -0.1) is 0 Å². The summed E-state index contributed by atoms with van der Waals surface area (Å²) in [6.07, 6.45) is 0. The molecule has 0 unspecified atom stereocenters. The number of H-pyrrole nitrogens is 1. The number of rotatable bonds is 5. The molecule has 2 aromatic carbocycles. The maximum absolute atomic E-state index is 13.2. The van der Waals surface area contributed by atoms with Crippen LogP contribution in [-0.4, -0.2) is 23.0 Å². The van der Waals surface area contributed by atoms with Gasteiger partial charge in [0.2, 0.25) is 0 Å². The fraction of sp³-hybridized carbons (Fsp3) is 0.174. The number of nitrogens with zero attached hydrogens (tertiary/aromatic N) is 1. The molecule has 0 amide bonds. The van der Waals surface area contributed by atoms with E-state index in [9.17, 15) is 9.59 Å². The van der Waals surface area contributed by atoms with Gasteiger partial charge in [-0.1, -0.05) is 65.8 Å². The molecule has 0 aliphatic carbocycles. The van der Waals surface area contributed by atoms with Crippen molar-refractivity contribution in [3.63, 3.8) is 0 Å². The summed E-state index contributed by atoms with van der Waals surface area (Å²) in [6, 6.07) is 17.0. The quantitative estimate of drug-likeness (QED) is 0.330. The van der Waals surface area contributed by atoms with Gasteiger partial charge in [0.05, 0.1) is 24.2 Å². The number of fused-ring (bicyclic) bond motifs is 1. The zero-order valence-electron chi connectivity index (χ0n) is 16.9. The monoisotopic (exact) mass is 453 g/mol. The second kappa shape index (κ2) is 8.99. The molecular formula is C23H20ClN3O3S. The van der Waals surface area contributed by atoms with Gasteiger partial charge in [0.1, 0.15) is 5.82 Å². The highest BCUT2D eigenvalue weighted by Gasteiger charge is 2.36. The van der Waals surface area contributed by atoms with Gasteiger partial charge >= 0.3 is 5.97 Å². The van der Waals surface area contributed by atoms with Crippen molar-refractivity contribution in [1.82, 2.24) is 9.97 Å². The Morgan fingerprint density at radius 1 is 1.16 bits per heavy atom. The largest absolute Gasteiger partial charge is 0.466 e. The number of anilines is 1. The lowest BCUT2D eigenvalue weighted by Crippen LogP contribution is -2.30. The number of carbonyl (C=O) groups excluding carboxylic acids is 1. The molecule has 2 heterocycles. The lowest BCUT2D eigenvalue weighted by molar-refractivity contribution is -0.136. The van der Waals surface area contributed by atoms with Gasteiger partial charge in [0, 0.05) is 16.5 Å². The van der Waals surface area contributed by atoms with Crippen molar-refractivity contribution in [2.45, 2.75) is 23.8 Å². The number of carbonyl (C=O) groups is 1. The molecule has 8 heteroatoms. The first-order chi connectivity index (χ1) is 15.0. The number of aromatic amines is 1. The summed E-state index contributed by atoms with van der Waals surface area (Å²) in [5.41, 5.74) is 2.91. The first-order valence-electron chi connectivity index (χ1n) is 9.60. The minimum Gasteiger partial charge on any atom is -0.466 e. The van der Waals surface area contributed by atoms with Gasteiger partial charge in [-0.05, 0) is 30.2 Å². The van der Waals surface area contributed by atoms with Crippen LogP contribution in [0.15, 0.2) is 75.8 Å². The van der Waals surface area contributed by atoms with Crippen LogP contribution in [-0.2, 0) is 15.3 Å². The van der Waals surface area contributed by atoms with E-state index in [-0.39, 0.29) is 5.56 Å². The number of aromatic nitrogens is 2. The van der Waals surface area contributed by atoms with Crippen molar-refractivity contribution >= 4 is 35.1 Å². The fourth-order valence-electron chi connectivity index (χ4n) is 3.59. The molecule has 0 saturated carbocycles. The number of ether oxygens (including phenoxy) is 1. The third-order valence-electron chi connectivity index (χ3n) is 5.05. The molecule has 3 aromatic rings. The van der Waals surface area contributed by atoms with Crippen molar-refractivity contribution in [3.8, 4) is 0 Å². The SMILES string of the molecule is COC(=O)C1=C(C)Nc2nc(SCc3ccccc3)[nH]c(=O)c2[C@@H]1c1ccc(Cl)cc1. The van der Waals surface area contributed by atoms with E-state index >= 15 is 0 Å². The topological polar surface area (TPSA) is 84.1 Å². The molecular weight excluding hydrogens is 434 g/mol. The molecule has 4 rings (SSSR count). The van der Waals surface area contributed by atoms with E-state index in [1.165, 1.54) is 18.9 Å². The number of hydrogen-bond acceptors (Lipinski definition) is 6. The van der Waals surface area contributed by atoms with Crippen LogP contribution < -0.4 is 10.9 Å². The van der Waals surface area contributed by atoms with Gasteiger partial charge in [-0.3, -0.25) is 4.79 Å². The zero-order chi connectivity index (χ0) is 22.0. The maximum Gasteiger partial charge on any atom is 0.336 e. The highest BCUT2D eigenvalue weighted by atomic mass is 35.5. The average Bonchev–Trinajstić information content (AvgIpc) is 2.77. The molecule has 1 aromatic heterocycles. The van der Waals surface area contributed by atoms with Gasteiger partial charge in [0.15, 0.2) is 5.16 Å². The molecule has 0 saturated heterocycles. The highest BCUT2D eigenvalue weighted by molar-refractivity contribution is 7.98. The lowest BCUT2D eigenvalue weighted by Gasteiger charge is -2.28. The number of esters is 1. The van der Waals surface area contributed by atoms with Crippen LogP contribution in [0.3, 0.4) is 0 Å². The Morgan fingerprint density at radius 3 is 2.55 bits per heavy atom. The van der Waals surface area contributed by atoms with E-state index in [0.717, 1.165) is 11.1 Å². The molecule has 158 valence electrons. The molecule has 1 aliphatic rings. The Kier molecular flexibility index (Phi) is 6.15. The second-order valence-electron chi connectivity index (χ2n) is 7.05. The first kappa shape index (κ1) is 21.2. The number of nitrogens with one attached hydrogen (secondary N) is 2. The minimum absolute atomic E-state index is 0.304. The predicted molar refractivity (Wildman–Crippen MR) is 122 cm³/mol. The summed E-state index contributed by atoms with van der Waals surface area (Å²) in [7, 11) is 1.32. The third-order valence-corrected chi connectivity index (χ3v) is 6.24. The van der Waals surface area contributed by atoms with E-state index in [0.29, 0.717) is 38.6 Å². The zero-order valence-corrected chi connectivity index (χ0v) is 18.5. The summed E-state index contributed by atoms with van der Waals surface area (Å²) in [6.45, 7) is 1.78. The number of thioether (sulfide) groups is 1. The Hall–Kier alpha value is -3.03. The Balaban J connectivity index is 1.77. The highest BCUT2D eigenvalue weighted by Crippen LogP contribution is 2.40.